The largest absolute Gasteiger partial charge is 0.481 e. The SMILES string of the molecule is CCN(CC)C(=O)C1C=CC(C2=CC3(CCNC3)Oc3ccccc32)=CN1. The van der Waals surface area contributed by atoms with Crippen LogP contribution in [0, 0.1) is 0 Å². The molecule has 2 N–H and O–H groups in total. The van der Waals surface area contributed by atoms with Gasteiger partial charge in [-0.05, 0) is 43.7 Å². The molecule has 1 aromatic rings. The summed E-state index contributed by atoms with van der Waals surface area (Å²) in [6.07, 6.45) is 9.20. The van der Waals surface area contributed by atoms with Gasteiger partial charge >= 0.3 is 0 Å². The predicted molar refractivity (Wildman–Crippen MR) is 107 cm³/mol. The van der Waals surface area contributed by atoms with Crippen molar-refractivity contribution in [2.24, 2.45) is 0 Å². The van der Waals surface area contributed by atoms with Gasteiger partial charge in [0.1, 0.15) is 17.4 Å². The average molecular weight is 365 g/mol. The van der Waals surface area contributed by atoms with Gasteiger partial charge in [-0.1, -0.05) is 30.4 Å². The summed E-state index contributed by atoms with van der Waals surface area (Å²) >= 11 is 0. The van der Waals surface area contributed by atoms with E-state index in [0.717, 1.165) is 55.1 Å². The third kappa shape index (κ3) is 3.28. The molecule has 2 unspecified atom stereocenters. The first-order chi connectivity index (χ1) is 13.2. The molecule has 3 heterocycles. The van der Waals surface area contributed by atoms with Crippen molar-refractivity contribution in [1.29, 1.82) is 0 Å². The van der Waals surface area contributed by atoms with Gasteiger partial charge in [0.05, 0.1) is 0 Å². The zero-order valence-electron chi connectivity index (χ0n) is 16.0. The topological polar surface area (TPSA) is 53.6 Å². The maximum absolute atomic E-state index is 12.6. The van der Waals surface area contributed by atoms with Crippen LogP contribution >= 0.6 is 0 Å². The Bertz CT molecular complexity index is 815. The zero-order chi connectivity index (χ0) is 18.9. The summed E-state index contributed by atoms with van der Waals surface area (Å²) in [5.74, 6) is 1.04. The minimum Gasteiger partial charge on any atom is -0.481 e. The lowest BCUT2D eigenvalue weighted by atomic mass is 9.87. The summed E-state index contributed by atoms with van der Waals surface area (Å²) < 4.78 is 6.35. The number of hydrogen-bond donors (Lipinski definition) is 2. The molecule has 4 rings (SSSR count). The summed E-state index contributed by atoms with van der Waals surface area (Å²) in [7, 11) is 0. The van der Waals surface area contributed by atoms with Gasteiger partial charge in [-0.25, -0.2) is 0 Å². The Kier molecular flexibility index (Phi) is 4.79. The number of nitrogens with one attached hydrogen (secondary N) is 2. The number of nitrogens with zero attached hydrogens (tertiary/aromatic N) is 1. The van der Waals surface area contributed by atoms with E-state index in [2.05, 4.69) is 28.9 Å². The van der Waals surface area contributed by atoms with Gasteiger partial charge in [0.15, 0.2) is 0 Å². The predicted octanol–water partition coefficient (Wildman–Crippen LogP) is 2.47. The standard InChI is InChI=1S/C22H27N3O2/c1-3-25(4-2)21(26)19-10-9-16(14-24-19)18-13-22(11-12-23-15-22)27-20-8-6-5-7-17(18)20/h5-10,13-14,19,23-24H,3-4,11-12,15H2,1-2H3. The highest BCUT2D eigenvalue weighted by Gasteiger charge is 2.38. The lowest BCUT2D eigenvalue weighted by Crippen LogP contribution is -2.44. The maximum Gasteiger partial charge on any atom is 0.249 e. The number of rotatable bonds is 4. The molecular weight excluding hydrogens is 338 g/mol. The number of ether oxygens (including phenoxy) is 1. The molecule has 0 bridgehead atoms. The van der Waals surface area contributed by atoms with Crippen molar-refractivity contribution >= 4 is 11.5 Å². The first-order valence-corrected chi connectivity index (χ1v) is 9.81. The normalized spacial score (nSPS) is 25.9. The van der Waals surface area contributed by atoms with E-state index in [1.54, 1.807) is 0 Å². The Morgan fingerprint density at radius 3 is 2.78 bits per heavy atom. The third-order valence-electron chi connectivity index (χ3n) is 5.59. The molecule has 5 nitrogen and oxygen atoms in total. The molecule has 1 aromatic carbocycles. The number of carbonyl (C=O) groups excluding carboxylic acids is 1. The van der Waals surface area contributed by atoms with Crippen LogP contribution in [0.5, 0.6) is 5.75 Å². The van der Waals surface area contributed by atoms with E-state index in [4.69, 9.17) is 4.74 Å². The van der Waals surface area contributed by atoms with Crippen molar-refractivity contribution in [2.45, 2.75) is 31.9 Å². The second-order valence-electron chi connectivity index (χ2n) is 7.26. The van der Waals surface area contributed by atoms with E-state index in [1.165, 1.54) is 0 Å². The van der Waals surface area contributed by atoms with Gasteiger partial charge in [-0.3, -0.25) is 4.79 Å². The number of carbonyl (C=O) groups is 1. The Morgan fingerprint density at radius 1 is 1.30 bits per heavy atom. The van der Waals surface area contributed by atoms with E-state index in [9.17, 15) is 4.79 Å². The number of allylic oxidation sites excluding steroid dienone is 3. The van der Waals surface area contributed by atoms with Gasteiger partial charge in [0.25, 0.3) is 0 Å². The summed E-state index contributed by atoms with van der Waals surface area (Å²) in [4.78, 5) is 14.4. The molecule has 1 spiro atoms. The van der Waals surface area contributed by atoms with Crippen LogP contribution < -0.4 is 15.4 Å². The fourth-order valence-corrected chi connectivity index (χ4v) is 4.04. The van der Waals surface area contributed by atoms with Gasteiger partial charge in [-0.15, -0.1) is 0 Å². The molecule has 5 heteroatoms. The first-order valence-electron chi connectivity index (χ1n) is 9.81. The quantitative estimate of drug-likeness (QED) is 0.861. The fourth-order valence-electron chi connectivity index (χ4n) is 4.04. The molecular formula is C22H27N3O2. The number of hydrogen-bond acceptors (Lipinski definition) is 4. The van der Waals surface area contributed by atoms with E-state index < -0.39 is 0 Å². The molecule has 1 amide bonds. The monoisotopic (exact) mass is 365 g/mol. The minimum absolute atomic E-state index is 0.115. The van der Waals surface area contributed by atoms with Gasteiger partial charge in [-0.2, -0.15) is 0 Å². The Hall–Kier alpha value is -2.53. The van der Waals surface area contributed by atoms with Crippen molar-refractivity contribution in [3.05, 3.63) is 59.8 Å². The molecule has 3 aliphatic heterocycles. The average Bonchev–Trinajstić information content (AvgIpc) is 3.15. The number of dihydropyridines is 1. The highest BCUT2D eigenvalue weighted by atomic mass is 16.5. The zero-order valence-corrected chi connectivity index (χ0v) is 16.0. The molecule has 2 atom stereocenters. The van der Waals surface area contributed by atoms with Crippen LogP contribution in [0.2, 0.25) is 0 Å². The maximum atomic E-state index is 12.6. The van der Waals surface area contributed by atoms with Crippen molar-refractivity contribution < 1.29 is 9.53 Å². The number of para-hydroxylation sites is 1. The molecule has 0 saturated carbocycles. The van der Waals surface area contributed by atoms with Crippen LogP contribution in [0.4, 0.5) is 0 Å². The minimum atomic E-state index is -0.300. The van der Waals surface area contributed by atoms with Crippen molar-refractivity contribution in [3.63, 3.8) is 0 Å². The van der Waals surface area contributed by atoms with E-state index in [1.807, 2.05) is 49.2 Å². The van der Waals surface area contributed by atoms with Crippen LogP contribution in [-0.4, -0.2) is 48.6 Å². The Morgan fingerprint density at radius 2 is 2.11 bits per heavy atom. The third-order valence-corrected chi connectivity index (χ3v) is 5.59. The van der Waals surface area contributed by atoms with Crippen LogP contribution in [0.3, 0.4) is 0 Å². The summed E-state index contributed by atoms with van der Waals surface area (Å²) in [5, 5.41) is 6.70. The van der Waals surface area contributed by atoms with Gasteiger partial charge < -0.3 is 20.3 Å². The van der Waals surface area contributed by atoms with E-state index in [-0.39, 0.29) is 17.6 Å². The van der Waals surface area contributed by atoms with Gasteiger partial charge in [0.2, 0.25) is 5.91 Å². The Labute approximate surface area is 160 Å². The van der Waals surface area contributed by atoms with Crippen LogP contribution in [-0.2, 0) is 4.79 Å². The summed E-state index contributed by atoms with van der Waals surface area (Å²) in [6, 6.07) is 7.88. The van der Waals surface area contributed by atoms with E-state index >= 15 is 0 Å². The number of fused-ring (bicyclic) bond motifs is 1. The highest BCUT2D eigenvalue weighted by molar-refractivity contribution is 5.89. The van der Waals surface area contributed by atoms with Crippen molar-refractivity contribution in [1.82, 2.24) is 15.5 Å². The van der Waals surface area contributed by atoms with Gasteiger partial charge in [0, 0.05) is 37.8 Å². The molecule has 27 heavy (non-hydrogen) atoms. The number of likely N-dealkylation sites (N-methyl/N-ethyl adjacent to an activating group) is 1. The number of benzene rings is 1. The van der Waals surface area contributed by atoms with Crippen LogP contribution in [0.1, 0.15) is 25.8 Å². The molecule has 0 aromatic heterocycles. The van der Waals surface area contributed by atoms with E-state index in [0.29, 0.717) is 0 Å². The second-order valence-corrected chi connectivity index (χ2v) is 7.26. The lowest BCUT2D eigenvalue weighted by molar-refractivity contribution is -0.131. The molecule has 0 aliphatic carbocycles. The summed E-state index contributed by atoms with van der Waals surface area (Å²) in [5.41, 5.74) is 3.06. The fraction of sp³-hybridized carbons (Fsp3) is 0.409. The first kappa shape index (κ1) is 17.9. The van der Waals surface area contributed by atoms with Crippen LogP contribution in [0.25, 0.3) is 5.57 Å². The van der Waals surface area contributed by atoms with Crippen molar-refractivity contribution in [3.8, 4) is 5.75 Å². The smallest absolute Gasteiger partial charge is 0.249 e. The highest BCUT2D eigenvalue weighted by Crippen LogP contribution is 2.42. The van der Waals surface area contributed by atoms with Crippen LogP contribution in [0.15, 0.2) is 54.3 Å². The lowest BCUT2D eigenvalue weighted by Gasteiger charge is -2.34. The number of amides is 1. The Balaban J connectivity index is 1.62. The second kappa shape index (κ2) is 7.24. The van der Waals surface area contributed by atoms with Crippen molar-refractivity contribution in [2.75, 3.05) is 26.2 Å². The molecule has 1 fully saturated rings. The summed E-state index contributed by atoms with van der Waals surface area (Å²) in [6.45, 7) is 7.24. The molecule has 142 valence electrons. The molecule has 0 radical (unpaired) electrons. The molecule has 3 aliphatic rings. The molecule has 1 saturated heterocycles.